The second-order valence-corrected chi connectivity index (χ2v) is 8.28. The molecule has 0 bridgehead atoms. The van der Waals surface area contributed by atoms with Crippen LogP contribution in [0.4, 0.5) is 5.69 Å². The molecule has 10 nitrogen and oxygen atoms in total. The molecule has 1 aromatic rings. The topological polar surface area (TPSA) is 134 Å². The first-order chi connectivity index (χ1) is 15.5. The van der Waals surface area contributed by atoms with Crippen molar-refractivity contribution >= 4 is 29.3 Å². The number of benzene rings is 1. The Bertz CT molecular complexity index is 920. The van der Waals surface area contributed by atoms with Crippen LogP contribution in [0.2, 0.25) is 0 Å². The first-order valence-electron chi connectivity index (χ1n) is 11.1. The molecule has 2 atom stereocenters. The van der Waals surface area contributed by atoms with Crippen LogP contribution in [0.3, 0.4) is 0 Å². The number of likely N-dealkylation sites (tertiary alicyclic amines) is 1. The van der Waals surface area contributed by atoms with Gasteiger partial charge in [0.25, 0.3) is 11.8 Å². The molecule has 0 spiro atoms. The SMILES string of the molecule is NCC1CCCN1CCOCCNc1cccc2c1C(=O)N(C1CCC(=O)NC1=O)C2=O. The first kappa shape index (κ1) is 22.4. The number of nitrogens with one attached hydrogen (secondary N) is 2. The fraction of sp³-hybridized carbons (Fsp3) is 0.545. The quantitative estimate of drug-likeness (QED) is 0.357. The molecule has 2 fully saturated rings. The maximum Gasteiger partial charge on any atom is 0.264 e. The van der Waals surface area contributed by atoms with Crippen LogP contribution >= 0.6 is 0 Å². The molecule has 10 heteroatoms. The van der Waals surface area contributed by atoms with E-state index in [1.807, 2.05) is 0 Å². The van der Waals surface area contributed by atoms with Crippen molar-refractivity contribution in [2.45, 2.75) is 37.8 Å². The summed E-state index contributed by atoms with van der Waals surface area (Å²) in [6, 6.07) is 4.47. The summed E-state index contributed by atoms with van der Waals surface area (Å²) in [5.41, 5.74) is 6.83. The zero-order valence-electron chi connectivity index (χ0n) is 18.0. The van der Waals surface area contributed by atoms with E-state index in [0.29, 0.717) is 38.0 Å². The van der Waals surface area contributed by atoms with Crippen LogP contribution in [0.15, 0.2) is 18.2 Å². The number of piperidine rings is 1. The minimum atomic E-state index is -0.973. The molecule has 3 heterocycles. The van der Waals surface area contributed by atoms with E-state index in [2.05, 4.69) is 15.5 Å². The lowest BCUT2D eigenvalue weighted by molar-refractivity contribution is -0.136. The number of fused-ring (bicyclic) bond motifs is 1. The van der Waals surface area contributed by atoms with Crippen LogP contribution in [0, 0.1) is 0 Å². The molecule has 172 valence electrons. The van der Waals surface area contributed by atoms with E-state index in [-0.39, 0.29) is 24.0 Å². The standard InChI is InChI=1S/C22H29N5O5/c23-13-14-3-2-9-26(14)10-12-32-11-8-24-16-5-1-4-15-19(16)22(31)27(21(15)30)17-6-7-18(28)25-20(17)29/h1,4-5,14,17,24H,2-3,6-13,23H2,(H,25,28,29). The summed E-state index contributed by atoms with van der Waals surface area (Å²) in [5.74, 6) is -2.05. The van der Waals surface area contributed by atoms with Crippen LogP contribution in [-0.2, 0) is 14.3 Å². The number of carbonyl (C=O) groups excluding carboxylic acids is 4. The number of nitrogens with two attached hydrogens (primary N) is 1. The van der Waals surface area contributed by atoms with Gasteiger partial charge in [-0.15, -0.1) is 0 Å². The summed E-state index contributed by atoms with van der Waals surface area (Å²) < 4.78 is 5.73. The van der Waals surface area contributed by atoms with Crippen molar-refractivity contribution in [1.82, 2.24) is 15.1 Å². The molecule has 0 saturated carbocycles. The summed E-state index contributed by atoms with van der Waals surface area (Å²) in [6.07, 6.45) is 2.54. The van der Waals surface area contributed by atoms with Gasteiger partial charge in [-0.2, -0.15) is 0 Å². The second kappa shape index (κ2) is 9.76. The lowest BCUT2D eigenvalue weighted by Crippen LogP contribution is -2.54. The largest absolute Gasteiger partial charge is 0.382 e. The number of imide groups is 2. The molecule has 2 saturated heterocycles. The van der Waals surface area contributed by atoms with Gasteiger partial charge in [-0.05, 0) is 37.9 Å². The molecular formula is C22H29N5O5. The summed E-state index contributed by atoms with van der Waals surface area (Å²) in [7, 11) is 0. The zero-order valence-corrected chi connectivity index (χ0v) is 18.0. The van der Waals surface area contributed by atoms with Gasteiger partial charge in [-0.25, -0.2) is 0 Å². The van der Waals surface area contributed by atoms with Crippen LogP contribution < -0.4 is 16.4 Å². The van der Waals surface area contributed by atoms with Crippen LogP contribution in [0.5, 0.6) is 0 Å². The minimum Gasteiger partial charge on any atom is -0.382 e. The van der Waals surface area contributed by atoms with Gasteiger partial charge in [0.15, 0.2) is 0 Å². The Morgan fingerprint density at radius 1 is 1.12 bits per heavy atom. The van der Waals surface area contributed by atoms with Crippen LogP contribution in [0.1, 0.15) is 46.4 Å². The number of rotatable bonds is 9. The molecule has 1 aromatic carbocycles. The van der Waals surface area contributed by atoms with E-state index in [9.17, 15) is 19.2 Å². The number of carbonyl (C=O) groups is 4. The predicted molar refractivity (Wildman–Crippen MR) is 116 cm³/mol. The molecule has 2 unspecified atom stereocenters. The highest BCUT2D eigenvalue weighted by molar-refractivity contribution is 6.25. The van der Waals surface area contributed by atoms with Gasteiger partial charge in [0.05, 0.1) is 24.3 Å². The predicted octanol–water partition coefficient (Wildman–Crippen LogP) is -0.0606. The van der Waals surface area contributed by atoms with Gasteiger partial charge in [0, 0.05) is 37.8 Å². The smallest absolute Gasteiger partial charge is 0.264 e. The van der Waals surface area contributed by atoms with Crippen molar-refractivity contribution < 1.29 is 23.9 Å². The third-order valence-electron chi connectivity index (χ3n) is 6.32. The monoisotopic (exact) mass is 443 g/mol. The maximum atomic E-state index is 13.0. The van der Waals surface area contributed by atoms with Crippen LogP contribution in [0.25, 0.3) is 0 Å². The number of hydrogen-bond acceptors (Lipinski definition) is 8. The molecule has 4 rings (SSSR count). The minimum absolute atomic E-state index is 0.0930. The van der Waals surface area contributed by atoms with Gasteiger partial charge in [0.1, 0.15) is 6.04 Å². The van der Waals surface area contributed by atoms with Gasteiger partial charge < -0.3 is 15.8 Å². The Hall–Kier alpha value is -2.82. The van der Waals surface area contributed by atoms with E-state index in [1.165, 1.54) is 6.42 Å². The van der Waals surface area contributed by atoms with Gasteiger partial charge in [-0.1, -0.05) is 6.07 Å². The Balaban J connectivity index is 1.32. The summed E-state index contributed by atoms with van der Waals surface area (Å²) >= 11 is 0. The third kappa shape index (κ3) is 4.38. The molecule has 3 aliphatic rings. The molecule has 32 heavy (non-hydrogen) atoms. The van der Waals surface area contributed by atoms with Crippen molar-refractivity contribution in [2.24, 2.45) is 5.73 Å². The summed E-state index contributed by atoms with van der Waals surface area (Å²) in [4.78, 5) is 52.8. The lowest BCUT2D eigenvalue weighted by atomic mass is 10.0. The first-order valence-corrected chi connectivity index (χ1v) is 11.1. The Morgan fingerprint density at radius 3 is 2.75 bits per heavy atom. The van der Waals surface area contributed by atoms with Gasteiger partial charge >= 0.3 is 0 Å². The van der Waals surface area contributed by atoms with Crippen molar-refractivity contribution in [1.29, 1.82) is 0 Å². The number of ether oxygens (including phenoxy) is 1. The van der Waals surface area contributed by atoms with E-state index in [1.54, 1.807) is 18.2 Å². The lowest BCUT2D eigenvalue weighted by Gasteiger charge is -2.27. The molecule has 4 amide bonds. The van der Waals surface area contributed by atoms with Crippen molar-refractivity contribution in [3.05, 3.63) is 29.3 Å². The van der Waals surface area contributed by atoms with Gasteiger partial charge in [-0.3, -0.25) is 34.3 Å². The molecule has 0 aromatic heterocycles. The van der Waals surface area contributed by atoms with Crippen molar-refractivity contribution in [3.63, 3.8) is 0 Å². The van der Waals surface area contributed by atoms with Crippen LogP contribution in [-0.4, -0.2) is 84.9 Å². The number of amides is 4. The number of anilines is 1. The highest BCUT2D eigenvalue weighted by atomic mass is 16.5. The molecule has 4 N–H and O–H groups in total. The summed E-state index contributed by atoms with van der Waals surface area (Å²) in [6.45, 7) is 4.09. The third-order valence-corrected chi connectivity index (χ3v) is 6.32. The second-order valence-electron chi connectivity index (χ2n) is 8.28. The summed E-state index contributed by atoms with van der Waals surface area (Å²) in [5, 5.41) is 5.38. The van der Waals surface area contributed by atoms with E-state index < -0.39 is 29.7 Å². The highest BCUT2D eigenvalue weighted by Gasteiger charge is 2.45. The number of hydrogen-bond donors (Lipinski definition) is 3. The maximum absolute atomic E-state index is 13.0. The highest BCUT2D eigenvalue weighted by Crippen LogP contribution is 2.32. The Kier molecular flexibility index (Phi) is 6.83. The van der Waals surface area contributed by atoms with E-state index >= 15 is 0 Å². The average Bonchev–Trinajstić information content (AvgIpc) is 3.34. The molecule has 0 aliphatic carbocycles. The molecular weight excluding hydrogens is 414 g/mol. The molecule has 0 radical (unpaired) electrons. The van der Waals surface area contributed by atoms with Crippen molar-refractivity contribution in [2.75, 3.05) is 44.7 Å². The molecule has 3 aliphatic heterocycles. The fourth-order valence-corrected chi connectivity index (χ4v) is 4.66. The van der Waals surface area contributed by atoms with Crippen molar-refractivity contribution in [3.8, 4) is 0 Å². The van der Waals surface area contributed by atoms with E-state index in [0.717, 1.165) is 24.4 Å². The fourth-order valence-electron chi connectivity index (χ4n) is 4.66. The Morgan fingerprint density at radius 2 is 1.97 bits per heavy atom. The van der Waals surface area contributed by atoms with Gasteiger partial charge in [0.2, 0.25) is 11.8 Å². The zero-order chi connectivity index (χ0) is 22.7. The normalized spacial score (nSPS) is 23.6. The average molecular weight is 444 g/mol. The Labute approximate surface area is 186 Å². The number of nitrogens with zero attached hydrogens (tertiary/aromatic N) is 2. The van der Waals surface area contributed by atoms with E-state index in [4.69, 9.17) is 10.5 Å².